The molecule has 0 radical (unpaired) electrons. The Kier molecular flexibility index (Phi) is 6.47. The Balaban J connectivity index is 2.08. The molecule has 0 heterocycles. The Labute approximate surface area is 108 Å². The van der Waals surface area contributed by atoms with Crippen LogP contribution in [0.1, 0.15) is 46.0 Å². The summed E-state index contributed by atoms with van der Waals surface area (Å²) in [7, 11) is 0. The second-order valence-corrected chi connectivity index (χ2v) is 5.03. The van der Waals surface area contributed by atoms with E-state index in [2.05, 4.69) is 13.8 Å². The van der Waals surface area contributed by atoms with E-state index in [4.69, 9.17) is 9.47 Å². The minimum Gasteiger partial charge on any atom is -0.463 e. The van der Waals surface area contributed by atoms with Crippen LogP contribution in [0.15, 0.2) is 12.2 Å². The van der Waals surface area contributed by atoms with Crippen LogP contribution in [0.3, 0.4) is 0 Å². The first-order valence-electron chi connectivity index (χ1n) is 6.63. The first-order valence-corrected chi connectivity index (χ1v) is 6.63. The van der Waals surface area contributed by atoms with Crippen molar-refractivity contribution in [2.75, 3.05) is 6.61 Å². The van der Waals surface area contributed by atoms with E-state index in [0.29, 0.717) is 12.5 Å². The molecule has 4 heteroatoms. The molecule has 0 N–H and O–H groups in total. The van der Waals surface area contributed by atoms with E-state index in [1.54, 1.807) is 0 Å². The third-order valence-corrected chi connectivity index (χ3v) is 2.86. The molecular formula is C14H22O4. The Morgan fingerprint density at radius 3 is 2.44 bits per heavy atom. The minimum absolute atomic E-state index is 0.0456. The highest BCUT2D eigenvalue weighted by atomic mass is 16.5. The molecule has 0 bridgehead atoms. The van der Waals surface area contributed by atoms with Gasteiger partial charge in [0.2, 0.25) is 0 Å². The molecule has 1 aliphatic rings. The highest BCUT2D eigenvalue weighted by Crippen LogP contribution is 2.21. The van der Waals surface area contributed by atoms with Crippen molar-refractivity contribution < 1.29 is 19.1 Å². The maximum Gasteiger partial charge on any atom is 0.331 e. The van der Waals surface area contributed by atoms with Crippen LogP contribution in [0.5, 0.6) is 0 Å². The summed E-state index contributed by atoms with van der Waals surface area (Å²) in [6.45, 7) is 4.65. The van der Waals surface area contributed by atoms with Crippen LogP contribution < -0.4 is 0 Å². The van der Waals surface area contributed by atoms with Crippen molar-refractivity contribution in [3.8, 4) is 0 Å². The maximum absolute atomic E-state index is 11.3. The van der Waals surface area contributed by atoms with Crippen molar-refractivity contribution in [3.63, 3.8) is 0 Å². The van der Waals surface area contributed by atoms with Gasteiger partial charge in [0.25, 0.3) is 0 Å². The molecule has 0 aromatic heterocycles. The number of carbonyl (C=O) groups is 2. The van der Waals surface area contributed by atoms with Gasteiger partial charge in [-0.25, -0.2) is 9.59 Å². The van der Waals surface area contributed by atoms with Crippen molar-refractivity contribution in [1.29, 1.82) is 0 Å². The van der Waals surface area contributed by atoms with Crippen LogP contribution in [0.4, 0.5) is 0 Å². The smallest absolute Gasteiger partial charge is 0.331 e. The Hall–Kier alpha value is -1.32. The number of ether oxygens (including phenoxy) is 2. The van der Waals surface area contributed by atoms with Gasteiger partial charge in [-0.2, -0.15) is 0 Å². The van der Waals surface area contributed by atoms with E-state index in [9.17, 15) is 9.59 Å². The van der Waals surface area contributed by atoms with Crippen LogP contribution in [0, 0.1) is 5.92 Å². The van der Waals surface area contributed by atoms with Gasteiger partial charge in [0.1, 0.15) is 6.10 Å². The monoisotopic (exact) mass is 254 g/mol. The molecule has 18 heavy (non-hydrogen) atoms. The zero-order valence-electron chi connectivity index (χ0n) is 11.2. The lowest BCUT2D eigenvalue weighted by Gasteiger charge is -2.24. The van der Waals surface area contributed by atoms with E-state index in [0.717, 1.165) is 44.3 Å². The number of rotatable bonds is 7. The predicted octanol–water partition coefficient (Wildman–Crippen LogP) is 2.62. The predicted molar refractivity (Wildman–Crippen MR) is 67.9 cm³/mol. The van der Waals surface area contributed by atoms with Crippen molar-refractivity contribution in [2.24, 2.45) is 5.92 Å². The van der Waals surface area contributed by atoms with Gasteiger partial charge < -0.3 is 9.47 Å². The molecular weight excluding hydrogens is 232 g/mol. The van der Waals surface area contributed by atoms with Crippen molar-refractivity contribution in [2.45, 2.75) is 52.1 Å². The number of esters is 2. The summed E-state index contributed by atoms with van der Waals surface area (Å²) >= 11 is 0. The molecule has 1 saturated carbocycles. The largest absolute Gasteiger partial charge is 0.463 e. The first kappa shape index (κ1) is 14.7. The zero-order chi connectivity index (χ0) is 13.4. The summed E-state index contributed by atoms with van der Waals surface area (Å²) in [5, 5.41) is 0. The average Bonchev–Trinajstić information content (AvgIpc) is 2.26. The molecule has 0 saturated heterocycles. The molecule has 1 fully saturated rings. The minimum atomic E-state index is -0.482. The summed E-state index contributed by atoms with van der Waals surface area (Å²) in [6.07, 6.45) is 7.17. The van der Waals surface area contributed by atoms with Gasteiger partial charge in [-0.1, -0.05) is 13.8 Å². The third kappa shape index (κ3) is 6.42. The summed E-state index contributed by atoms with van der Waals surface area (Å²) in [6, 6.07) is 0. The Bertz CT molecular complexity index is 303. The molecule has 1 aliphatic carbocycles. The van der Waals surface area contributed by atoms with Crippen LogP contribution in [-0.2, 0) is 19.1 Å². The second kappa shape index (κ2) is 7.90. The Morgan fingerprint density at radius 1 is 1.22 bits per heavy atom. The fourth-order valence-corrected chi connectivity index (χ4v) is 1.54. The summed E-state index contributed by atoms with van der Waals surface area (Å²) in [5.74, 6) is -0.333. The highest BCUT2D eigenvalue weighted by Gasteiger charge is 2.20. The van der Waals surface area contributed by atoms with Crippen LogP contribution in [-0.4, -0.2) is 24.6 Å². The number of hydrogen-bond donors (Lipinski definition) is 0. The Morgan fingerprint density at radius 2 is 1.89 bits per heavy atom. The highest BCUT2D eigenvalue weighted by molar-refractivity contribution is 5.91. The van der Waals surface area contributed by atoms with Crippen LogP contribution in [0.2, 0.25) is 0 Å². The maximum atomic E-state index is 11.3. The molecule has 0 aliphatic heterocycles. The molecule has 0 aromatic rings. The summed E-state index contributed by atoms with van der Waals surface area (Å²) in [5.41, 5.74) is 0. The SMILES string of the molecule is CC(C)CCCOC(=O)/C=C/C(=O)OC1CCC1. The lowest BCUT2D eigenvalue weighted by atomic mass is 9.96. The number of hydrogen-bond acceptors (Lipinski definition) is 4. The fourth-order valence-electron chi connectivity index (χ4n) is 1.54. The standard InChI is InChI=1S/C14H22O4/c1-11(2)5-4-10-17-13(15)8-9-14(16)18-12-6-3-7-12/h8-9,11-12H,3-7,10H2,1-2H3/b9-8+. The molecule has 0 atom stereocenters. The first-order chi connectivity index (χ1) is 8.58. The van der Waals surface area contributed by atoms with Gasteiger partial charge >= 0.3 is 11.9 Å². The topological polar surface area (TPSA) is 52.6 Å². The normalized spacial score (nSPS) is 15.7. The van der Waals surface area contributed by atoms with E-state index in [1.807, 2.05) is 0 Å². The molecule has 0 amide bonds. The van der Waals surface area contributed by atoms with Gasteiger partial charge in [-0.15, -0.1) is 0 Å². The molecule has 0 spiro atoms. The third-order valence-electron chi connectivity index (χ3n) is 2.86. The molecule has 102 valence electrons. The molecule has 4 nitrogen and oxygen atoms in total. The van der Waals surface area contributed by atoms with Crippen molar-refractivity contribution >= 4 is 11.9 Å². The lowest BCUT2D eigenvalue weighted by molar-refractivity contribution is -0.147. The van der Waals surface area contributed by atoms with Gasteiger partial charge in [-0.3, -0.25) is 0 Å². The summed E-state index contributed by atoms with van der Waals surface area (Å²) < 4.78 is 10.0. The van der Waals surface area contributed by atoms with Gasteiger partial charge in [0, 0.05) is 12.2 Å². The van der Waals surface area contributed by atoms with Gasteiger partial charge in [0.05, 0.1) is 6.61 Å². The zero-order valence-corrected chi connectivity index (χ0v) is 11.2. The van der Waals surface area contributed by atoms with E-state index >= 15 is 0 Å². The lowest BCUT2D eigenvalue weighted by Crippen LogP contribution is -2.24. The van der Waals surface area contributed by atoms with Gasteiger partial charge in [0.15, 0.2) is 0 Å². The van der Waals surface area contributed by atoms with Crippen molar-refractivity contribution in [1.82, 2.24) is 0 Å². The van der Waals surface area contributed by atoms with E-state index in [1.165, 1.54) is 0 Å². The van der Waals surface area contributed by atoms with E-state index in [-0.39, 0.29) is 6.10 Å². The quantitative estimate of drug-likeness (QED) is 0.398. The van der Waals surface area contributed by atoms with E-state index < -0.39 is 11.9 Å². The van der Waals surface area contributed by atoms with Crippen molar-refractivity contribution in [3.05, 3.63) is 12.2 Å². The fraction of sp³-hybridized carbons (Fsp3) is 0.714. The molecule has 1 rings (SSSR count). The number of carbonyl (C=O) groups excluding carboxylic acids is 2. The summed E-state index contributed by atoms with van der Waals surface area (Å²) in [4.78, 5) is 22.5. The second-order valence-electron chi connectivity index (χ2n) is 5.03. The van der Waals surface area contributed by atoms with Gasteiger partial charge in [-0.05, 0) is 38.0 Å². The van der Waals surface area contributed by atoms with Crippen LogP contribution in [0.25, 0.3) is 0 Å². The molecule has 0 unspecified atom stereocenters. The van der Waals surface area contributed by atoms with Crippen LogP contribution >= 0.6 is 0 Å². The molecule has 0 aromatic carbocycles. The average molecular weight is 254 g/mol.